The van der Waals surface area contributed by atoms with Gasteiger partial charge in [-0.15, -0.1) is 0 Å². The number of nitrogens with two attached hydrogens (primary N) is 1. The third-order valence-electron chi connectivity index (χ3n) is 2.58. The molecule has 0 aliphatic heterocycles. The van der Waals surface area contributed by atoms with Gasteiger partial charge < -0.3 is 20.5 Å². The van der Waals surface area contributed by atoms with E-state index in [0.29, 0.717) is 18.1 Å². The molecule has 0 saturated heterocycles. The molecule has 0 spiro atoms. The highest BCUT2D eigenvalue weighted by Gasteiger charge is 2.10. The van der Waals surface area contributed by atoms with Crippen LogP contribution >= 0.6 is 0 Å². The van der Waals surface area contributed by atoms with Crippen LogP contribution in [0.25, 0.3) is 0 Å². The van der Waals surface area contributed by atoms with E-state index in [0.717, 1.165) is 5.56 Å². The summed E-state index contributed by atoms with van der Waals surface area (Å²) in [7, 11) is 3.61. The maximum atomic E-state index is 9.05. The zero-order valence-electron chi connectivity index (χ0n) is 11.4. The van der Waals surface area contributed by atoms with Crippen LogP contribution in [0.1, 0.15) is 5.56 Å². The molecule has 7 heteroatoms. The normalized spacial score (nSPS) is 10.3. The van der Waals surface area contributed by atoms with Gasteiger partial charge in [0.25, 0.3) is 0 Å². The number of aliphatic hydroxyl groups is 1. The second kappa shape index (κ2) is 6.16. The molecule has 0 bridgehead atoms. The van der Waals surface area contributed by atoms with Crippen molar-refractivity contribution in [1.29, 1.82) is 0 Å². The van der Waals surface area contributed by atoms with Gasteiger partial charge in [-0.2, -0.15) is 15.0 Å². The summed E-state index contributed by atoms with van der Waals surface area (Å²) in [6.07, 6.45) is 0.497. The summed E-state index contributed by atoms with van der Waals surface area (Å²) in [5, 5.41) is 9.05. The predicted octanol–water partition coefficient (Wildman–Crippen LogP) is 0.847. The Morgan fingerprint density at radius 1 is 1.20 bits per heavy atom. The van der Waals surface area contributed by atoms with E-state index >= 15 is 0 Å². The highest BCUT2D eigenvalue weighted by Crippen LogP contribution is 2.24. The first-order valence-corrected chi connectivity index (χ1v) is 6.15. The van der Waals surface area contributed by atoms with E-state index in [1.165, 1.54) is 0 Å². The number of nitrogens with zero attached hydrogens (tertiary/aromatic N) is 4. The van der Waals surface area contributed by atoms with E-state index in [1.807, 2.05) is 18.2 Å². The molecule has 1 aromatic heterocycles. The Hall–Kier alpha value is -2.41. The summed E-state index contributed by atoms with van der Waals surface area (Å²) >= 11 is 0. The first-order valence-electron chi connectivity index (χ1n) is 6.15. The summed E-state index contributed by atoms with van der Waals surface area (Å²) in [6.45, 7) is 0.0443. The first-order chi connectivity index (χ1) is 9.60. The lowest BCUT2D eigenvalue weighted by Gasteiger charge is -2.13. The van der Waals surface area contributed by atoms with Crippen LogP contribution in [0, 0.1) is 0 Å². The summed E-state index contributed by atoms with van der Waals surface area (Å²) in [4.78, 5) is 13.8. The Morgan fingerprint density at radius 3 is 2.65 bits per heavy atom. The highest BCUT2D eigenvalue weighted by atomic mass is 16.5. The number of hydrogen-bond donors (Lipinski definition) is 2. The quantitative estimate of drug-likeness (QED) is 0.834. The topological polar surface area (TPSA) is 97.4 Å². The summed E-state index contributed by atoms with van der Waals surface area (Å²) in [6, 6.07) is 7.52. The maximum Gasteiger partial charge on any atom is 0.328 e. The van der Waals surface area contributed by atoms with E-state index in [1.54, 1.807) is 25.1 Å². The Bertz CT molecular complexity index is 589. The van der Waals surface area contributed by atoms with Crippen LogP contribution in [-0.2, 0) is 6.42 Å². The van der Waals surface area contributed by atoms with E-state index in [4.69, 9.17) is 15.6 Å². The van der Waals surface area contributed by atoms with Crippen molar-refractivity contribution in [2.45, 2.75) is 6.42 Å². The number of benzene rings is 1. The van der Waals surface area contributed by atoms with Gasteiger partial charge in [0.05, 0.1) is 0 Å². The summed E-state index contributed by atoms with van der Waals surface area (Å²) in [5.41, 5.74) is 6.51. The van der Waals surface area contributed by atoms with Crippen LogP contribution in [0.2, 0.25) is 0 Å². The SMILES string of the molecule is CN(C)c1nc(N)nc(Oc2ccccc2CCO)n1. The lowest BCUT2D eigenvalue weighted by molar-refractivity contribution is 0.297. The van der Waals surface area contributed by atoms with Crippen molar-refractivity contribution in [2.75, 3.05) is 31.3 Å². The Balaban J connectivity index is 2.30. The van der Waals surface area contributed by atoms with Crippen LogP contribution < -0.4 is 15.4 Å². The molecule has 0 aliphatic carbocycles. The van der Waals surface area contributed by atoms with Crippen molar-refractivity contribution >= 4 is 11.9 Å². The van der Waals surface area contributed by atoms with Gasteiger partial charge in [-0.1, -0.05) is 18.2 Å². The number of aliphatic hydroxyl groups excluding tert-OH is 1. The van der Waals surface area contributed by atoms with Crippen molar-refractivity contribution in [2.24, 2.45) is 0 Å². The molecule has 20 heavy (non-hydrogen) atoms. The molecule has 2 rings (SSSR count). The molecule has 0 saturated carbocycles. The highest BCUT2D eigenvalue weighted by molar-refractivity contribution is 5.38. The van der Waals surface area contributed by atoms with Crippen molar-refractivity contribution < 1.29 is 9.84 Å². The van der Waals surface area contributed by atoms with Crippen LogP contribution in [0.4, 0.5) is 11.9 Å². The number of anilines is 2. The lowest BCUT2D eigenvalue weighted by Crippen LogP contribution is -2.15. The van der Waals surface area contributed by atoms with Crippen LogP contribution in [0.15, 0.2) is 24.3 Å². The summed E-state index contributed by atoms with van der Waals surface area (Å²) in [5.74, 6) is 1.11. The fourth-order valence-electron chi connectivity index (χ4n) is 1.64. The average molecular weight is 275 g/mol. The Labute approximate surface area is 117 Å². The third-order valence-corrected chi connectivity index (χ3v) is 2.58. The molecule has 0 fully saturated rings. The van der Waals surface area contributed by atoms with Gasteiger partial charge in [-0.05, 0) is 18.1 Å². The molecule has 106 valence electrons. The summed E-state index contributed by atoms with van der Waals surface area (Å²) < 4.78 is 5.65. The standard InChI is InChI=1S/C13H17N5O2/c1-18(2)12-15-11(14)16-13(17-12)20-10-6-4-3-5-9(10)7-8-19/h3-6,19H,7-8H2,1-2H3,(H2,14,15,16,17). The van der Waals surface area contributed by atoms with Gasteiger partial charge in [0.1, 0.15) is 5.75 Å². The Kier molecular flexibility index (Phi) is 4.31. The first kappa shape index (κ1) is 14.0. The molecule has 0 radical (unpaired) electrons. The van der Waals surface area contributed by atoms with Crippen molar-refractivity contribution in [3.8, 4) is 11.8 Å². The van der Waals surface area contributed by atoms with E-state index in [9.17, 15) is 0 Å². The number of hydrogen-bond acceptors (Lipinski definition) is 7. The molecule has 1 heterocycles. The molecule has 3 N–H and O–H groups in total. The van der Waals surface area contributed by atoms with Crippen molar-refractivity contribution in [3.05, 3.63) is 29.8 Å². The molecule has 2 aromatic rings. The molecule has 1 aromatic carbocycles. The number of aromatic nitrogens is 3. The molecule has 0 atom stereocenters. The van der Waals surface area contributed by atoms with Crippen LogP contribution in [-0.4, -0.2) is 40.8 Å². The minimum atomic E-state index is 0.0443. The molecule has 0 unspecified atom stereocenters. The minimum Gasteiger partial charge on any atom is -0.424 e. The van der Waals surface area contributed by atoms with Gasteiger partial charge in [0, 0.05) is 20.7 Å². The average Bonchev–Trinajstić information content (AvgIpc) is 2.40. The predicted molar refractivity (Wildman–Crippen MR) is 75.9 cm³/mol. The zero-order chi connectivity index (χ0) is 14.5. The lowest BCUT2D eigenvalue weighted by atomic mass is 10.1. The van der Waals surface area contributed by atoms with Gasteiger partial charge >= 0.3 is 6.01 Å². The number of rotatable bonds is 5. The van der Waals surface area contributed by atoms with Gasteiger partial charge in [0.15, 0.2) is 0 Å². The fraction of sp³-hybridized carbons (Fsp3) is 0.308. The number of nitrogen functional groups attached to an aromatic ring is 1. The van der Waals surface area contributed by atoms with Gasteiger partial charge in [-0.3, -0.25) is 0 Å². The fourth-order valence-corrected chi connectivity index (χ4v) is 1.64. The van der Waals surface area contributed by atoms with Gasteiger partial charge in [0.2, 0.25) is 11.9 Å². The zero-order valence-corrected chi connectivity index (χ0v) is 11.4. The van der Waals surface area contributed by atoms with Crippen LogP contribution in [0.5, 0.6) is 11.8 Å². The largest absolute Gasteiger partial charge is 0.424 e. The smallest absolute Gasteiger partial charge is 0.328 e. The van der Waals surface area contributed by atoms with Crippen molar-refractivity contribution in [1.82, 2.24) is 15.0 Å². The van der Waals surface area contributed by atoms with E-state index in [2.05, 4.69) is 15.0 Å². The molecule has 0 aliphatic rings. The number of ether oxygens (including phenoxy) is 1. The Morgan fingerprint density at radius 2 is 1.95 bits per heavy atom. The monoisotopic (exact) mass is 275 g/mol. The second-order valence-electron chi connectivity index (χ2n) is 4.35. The van der Waals surface area contributed by atoms with Crippen molar-refractivity contribution in [3.63, 3.8) is 0 Å². The molecule has 0 amide bonds. The molecular weight excluding hydrogens is 258 g/mol. The van der Waals surface area contributed by atoms with E-state index < -0.39 is 0 Å². The maximum absolute atomic E-state index is 9.05. The number of para-hydroxylation sites is 1. The van der Waals surface area contributed by atoms with E-state index in [-0.39, 0.29) is 18.6 Å². The van der Waals surface area contributed by atoms with Crippen LogP contribution in [0.3, 0.4) is 0 Å². The third kappa shape index (κ3) is 3.33. The molecule has 7 nitrogen and oxygen atoms in total. The second-order valence-corrected chi connectivity index (χ2v) is 4.35. The molecular formula is C13H17N5O2. The van der Waals surface area contributed by atoms with Gasteiger partial charge in [-0.25, -0.2) is 0 Å². The minimum absolute atomic E-state index is 0.0443.